The molecular formula is C14H20N2O. The molecule has 2 rings (SSSR count). The summed E-state index contributed by atoms with van der Waals surface area (Å²) in [7, 11) is 0. The highest BCUT2D eigenvalue weighted by molar-refractivity contribution is 5.73. The van der Waals surface area contributed by atoms with Crippen LogP contribution in [0.5, 0.6) is 0 Å². The smallest absolute Gasteiger partial charge is 0.217 e. The normalized spacial score (nSPS) is 24.8. The van der Waals surface area contributed by atoms with E-state index in [0.717, 1.165) is 26.1 Å². The van der Waals surface area contributed by atoms with Crippen molar-refractivity contribution in [2.24, 2.45) is 0 Å². The molecule has 0 aliphatic carbocycles. The maximum Gasteiger partial charge on any atom is 0.217 e. The van der Waals surface area contributed by atoms with Crippen molar-refractivity contribution in [2.75, 3.05) is 13.1 Å². The van der Waals surface area contributed by atoms with Gasteiger partial charge in [-0.1, -0.05) is 30.3 Å². The fraction of sp³-hybridized carbons (Fsp3) is 0.500. The molecule has 3 heteroatoms. The summed E-state index contributed by atoms with van der Waals surface area (Å²) in [5.74, 6) is 0.0639. The van der Waals surface area contributed by atoms with Crippen molar-refractivity contribution in [1.82, 2.24) is 10.2 Å². The minimum atomic E-state index is -0.0549. The number of nitrogens with zero attached hydrogens (tertiary/aromatic N) is 1. The summed E-state index contributed by atoms with van der Waals surface area (Å²) in [4.78, 5) is 13.5. The van der Waals surface area contributed by atoms with Crippen LogP contribution in [0, 0.1) is 0 Å². The van der Waals surface area contributed by atoms with Crippen molar-refractivity contribution in [3.8, 4) is 0 Å². The lowest BCUT2D eigenvalue weighted by Crippen LogP contribution is -2.46. The summed E-state index contributed by atoms with van der Waals surface area (Å²) in [6.07, 6.45) is 1.03. The molecule has 0 aromatic heterocycles. The molecule has 0 saturated carbocycles. The number of rotatable bonds is 3. The average molecular weight is 232 g/mol. The molecule has 0 unspecified atom stereocenters. The van der Waals surface area contributed by atoms with Crippen LogP contribution in [0.25, 0.3) is 0 Å². The van der Waals surface area contributed by atoms with Crippen LogP contribution in [-0.4, -0.2) is 29.4 Å². The van der Waals surface area contributed by atoms with Crippen LogP contribution >= 0.6 is 0 Å². The average Bonchev–Trinajstić information content (AvgIpc) is 2.60. The van der Waals surface area contributed by atoms with E-state index >= 15 is 0 Å². The number of carbonyl (C=O) groups excluding carboxylic acids is 1. The Morgan fingerprint density at radius 1 is 1.41 bits per heavy atom. The zero-order valence-electron chi connectivity index (χ0n) is 10.6. The molecule has 1 atom stereocenters. The van der Waals surface area contributed by atoms with Crippen LogP contribution in [0.2, 0.25) is 0 Å². The molecule has 1 aliphatic rings. The highest BCUT2D eigenvalue weighted by atomic mass is 16.1. The van der Waals surface area contributed by atoms with Crippen molar-refractivity contribution >= 4 is 5.91 Å². The maximum absolute atomic E-state index is 11.1. The molecule has 1 aromatic rings. The Bertz CT molecular complexity index is 390. The number of carbonyl (C=O) groups is 1. The van der Waals surface area contributed by atoms with Gasteiger partial charge in [0.25, 0.3) is 0 Å². The summed E-state index contributed by atoms with van der Waals surface area (Å²) in [5.41, 5.74) is 1.28. The van der Waals surface area contributed by atoms with Gasteiger partial charge in [0, 0.05) is 26.6 Å². The Balaban J connectivity index is 1.92. The molecule has 1 saturated heterocycles. The summed E-state index contributed by atoms with van der Waals surface area (Å²) in [6.45, 7) is 6.66. The third-order valence-electron chi connectivity index (χ3n) is 3.28. The van der Waals surface area contributed by atoms with Crippen LogP contribution in [-0.2, 0) is 11.3 Å². The lowest BCUT2D eigenvalue weighted by Gasteiger charge is -2.25. The zero-order valence-corrected chi connectivity index (χ0v) is 10.6. The van der Waals surface area contributed by atoms with Crippen molar-refractivity contribution in [1.29, 1.82) is 0 Å². The fourth-order valence-corrected chi connectivity index (χ4v) is 2.56. The molecule has 1 fully saturated rings. The van der Waals surface area contributed by atoms with Gasteiger partial charge in [-0.25, -0.2) is 0 Å². The number of hydrogen-bond acceptors (Lipinski definition) is 2. The van der Waals surface area contributed by atoms with E-state index in [0.29, 0.717) is 0 Å². The van der Waals surface area contributed by atoms with Gasteiger partial charge in [0.2, 0.25) is 5.91 Å². The van der Waals surface area contributed by atoms with Crippen molar-refractivity contribution < 1.29 is 4.79 Å². The van der Waals surface area contributed by atoms with Crippen molar-refractivity contribution in [3.63, 3.8) is 0 Å². The predicted molar refractivity (Wildman–Crippen MR) is 68.6 cm³/mol. The van der Waals surface area contributed by atoms with Gasteiger partial charge in [0.15, 0.2) is 0 Å². The Hall–Kier alpha value is -1.35. The van der Waals surface area contributed by atoms with Gasteiger partial charge < -0.3 is 5.32 Å². The van der Waals surface area contributed by atoms with E-state index in [4.69, 9.17) is 0 Å². The van der Waals surface area contributed by atoms with E-state index in [9.17, 15) is 4.79 Å². The Morgan fingerprint density at radius 3 is 2.76 bits per heavy atom. The minimum absolute atomic E-state index is 0.0549. The summed E-state index contributed by atoms with van der Waals surface area (Å²) < 4.78 is 0. The molecule has 3 nitrogen and oxygen atoms in total. The summed E-state index contributed by atoms with van der Waals surface area (Å²) in [5, 5.41) is 3.05. The molecule has 1 aromatic carbocycles. The van der Waals surface area contributed by atoms with E-state index in [2.05, 4.69) is 41.4 Å². The molecular weight excluding hydrogens is 212 g/mol. The number of likely N-dealkylation sites (tertiary alicyclic amines) is 1. The second kappa shape index (κ2) is 4.88. The molecule has 1 aliphatic heterocycles. The van der Waals surface area contributed by atoms with Gasteiger partial charge in [-0.05, 0) is 18.9 Å². The van der Waals surface area contributed by atoms with Crippen LogP contribution < -0.4 is 5.32 Å². The molecule has 0 spiro atoms. The van der Waals surface area contributed by atoms with E-state index in [1.165, 1.54) is 5.56 Å². The van der Waals surface area contributed by atoms with E-state index in [1.807, 2.05) is 6.07 Å². The highest BCUT2D eigenvalue weighted by Gasteiger charge is 2.33. The van der Waals surface area contributed by atoms with Crippen LogP contribution in [0.4, 0.5) is 0 Å². The Kier molecular flexibility index (Phi) is 3.48. The summed E-state index contributed by atoms with van der Waals surface area (Å²) >= 11 is 0. The Morgan fingerprint density at radius 2 is 2.12 bits per heavy atom. The van der Waals surface area contributed by atoms with Gasteiger partial charge >= 0.3 is 0 Å². The van der Waals surface area contributed by atoms with Crippen LogP contribution in [0.15, 0.2) is 30.3 Å². The molecule has 0 radical (unpaired) electrons. The summed E-state index contributed by atoms with van der Waals surface area (Å²) in [6, 6.07) is 10.5. The van der Waals surface area contributed by atoms with E-state index in [-0.39, 0.29) is 11.4 Å². The molecule has 0 bridgehead atoms. The highest BCUT2D eigenvalue weighted by Crippen LogP contribution is 2.22. The monoisotopic (exact) mass is 232 g/mol. The van der Waals surface area contributed by atoms with Crippen molar-refractivity contribution in [3.05, 3.63) is 35.9 Å². The molecule has 1 N–H and O–H groups in total. The molecule has 17 heavy (non-hydrogen) atoms. The van der Waals surface area contributed by atoms with Crippen LogP contribution in [0.3, 0.4) is 0 Å². The van der Waals surface area contributed by atoms with Gasteiger partial charge in [0.05, 0.1) is 5.54 Å². The van der Waals surface area contributed by atoms with E-state index < -0.39 is 0 Å². The first-order chi connectivity index (χ1) is 8.07. The number of hydrogen-bond donors (Lipinski definition) is 1. The first-order valence-corrected chi connectivity index (χ1v) is 6.12. The molecule has 92 valence electrons. The number of amides is 1. The van der Waals surface area contributed by atoms with Crippen molar-refractivity contribution in [2.45, 2.75) is 32.4 Å². The standard InChI is InChI=1S/C14H20N2O/c1-12(17)15-14(2)8-9-16(11-14)10-13-6-4-3-5-7-13/h3-7H,8-11H2,1-2H3,(H,15,17)/t14-/m0/s1. The van der Waals surface area contributed by atoms with Gasteiger partial charge in [-0.2, -0.15) is 0 Å². The largest absolute Gasteiger partial charge is 0.350 e. The molecule has 1 heterocycles. The molecule has 1 amide bonds. The fourth-order valence-electron chi connectivity index (χ4n) is 2.56. The first kappa shape index (κ1) is 12.1. The SMILES string of the molecule is CC(=O)N[C@@]1(C)CCN(Cc2ccccc2)C1. The predicted octanol–water partition coefficient (Wildman–Crippen LogP) is 1.79. The zero-order chi connectivity index (χ0) is 12.3. The minimum Gasteiger partial charge on any atom is -0.350 e. The van der Waals surface area contributed by atoms with Crippen LogP contribution in [0.1, 0.15) is 25.8 Å². The van der Waals surface area contributed by atoms with Gasteiger partial charge in [-0.3, -0.25) is 9.69 Å². The topological polar surface area (TPSA) is 32.3 Å². The number of nitrogens with one attached hydrogen (secondary N) is 1. The number of benzene rings is 1. The second-order valence-corrected chi connectivity index (χ2v) is 5.19. The second-order valence-electron chi connectivity index (χ2n) is 5.19. The van der Waals surface area contributed by atoms with Gasteiger partial charge in [-0.15, -0.1) is 0 Å². The quantitative estimate of drug-likeness (QED) is 0.861. The Labute approximate surface area is 103 Å². The lowest BCUT2D eigenvalue weighted by atomic mass is 10.0. The first-order valence-electron chi connectivity index (χ1n) is 6.12. The van der Waals surface area contributed by atoms with Gasteiger partial charge in [0.1, 0.15) is 0 Å². The lowest BCUT2D eigenvalue weighted by molar-refractivity contribution is -0.120. The van der Waals surface area contributed by atoms with E-state index in [1.54, 1.807) is 6.92 Å². The third-order valence-corrected chi connectivity index (χ3v) is 3.28. The maximum atomic E-state index is 11.1. The third kappa shape index (κ3) is 3.30.